The largest absolute Gasteiger partial charge is 0.497 e. The van der Waals surface area contributed by atoms with E-state index >= 15 is 0 Å². The zero-order chi connectivity index (χ0) is 10.3. The van der Waals surface area contributed by atoms with E-state index in [1.165, 1.54) is 31.4 Å². The van der Waals surface area contributed by atoms with Crippen molar-refractivity contribution in [3.63, 3.8) is 0 Å². The molecule has 0 aromatic heterocycles. The molecule has 2 aliphatic rings. The quantitative estimate of drug-likeness (QED) is 0.685. The normalized spacial score (nSPS) is 28.5. The summed E-state index contributed by atoms with van der Waals surface area (Å²) in [6, 6.07) is 10.1. The SMILES string of the molecule is COc1ccc(N2[C@@H]3CCCC[C@@H]32)cc1. The molecule has 1 aromatic rings. The highest BCUT2D eigenvalue weighted by molar-refractivity contribution is 5.58. The highest BCUT2D eigenvalue weighted by Gasteiger charge is 2.48. The second-order valence-electron chi connectivity index (χ2n) is 4.52. The first kappa shape index (κ1) is 9.08. The lowest BCUT2D eigenvalue weighted by Crippen LogP contribution is -2.00. The van der Waals surface area contributed by atoms with E-state index in [-0.39, 0.29) is 0 Å². The Bertz CT molecular complexity index is 334. The van der Waals surface area contributed by atoms with Crippen LogP contribution in [0.4, 0.5) is 5.69 Å². The number of rotatable bonds is 2. The Morgan fingerprint density at radius 2 is 1.67 bits per heavy atom. The van der Waals surface area contributed by atoms with Crippen molar-refractivity contribution in [1.82, 2.24) is 0 Å². The van der Waals surface area contributed by atoms with E-state index in [1.54, 1.807) is 7.11 Å². The summed E-state index contributed by atoms with van der Waals surface area (Å²) in [5, 5.41) is 0. The molecule has 0 unspecified atom stereocenters. The maximum absolute atomic E-state index is 5.17. The molecular formula is C13H17NO. The fourth-order valence-electron chi connectivity index (χ4n) is 2.84. The molecule has 3 rings (SSSR count). The van der Waals surface area contributed by atoms with Gasteiger partial charge < -0.3 is 9.64 Å². The second-order valence-corrected chi connectivity index (χ2v) is 4.52. The molecule has 2 nitrogen and oxygen atoms in total. The van der Waals surface area contributed by atoms with Gasteiger partial charge in [-0.2, -0.15) is 0 Å². The Hall–Kier alpha value is -1.18. The number of anilines is 1. The zero-order valence-electron chi connectivity index (χ0n) is 9.15. The molecule has 0 radical (unpaired) electrons. The van der Waals surface area contributed by atoms with E-state index in [9.17, 15) is 0 Å². The molecular weight excluding hydrogens is 186 g/mol. The van der Waals surface area contributed by atoms with E-state index in [4.69, 9.17) is 4.74 Å². The molecule has 1 aliphatic heterocycles. The molecule has 1 aromatic carbocycles. The van der Waals surface area contributed by atoms with Crippen molar-refractivity contribution in [3.8, 4) is 5.75 Å². The molecule has 2 heteroatoms. The molecule has 1 heterocycles. The van der Waals surface area contributed by atoms with Crippen molar-refractivity contribution in [2.24, 2.45) is 0 Å². The molecule has 1 aliphatic carbocycles. The lowest BCUT2D eigenvalue weighted by Gasteiger charge is -2.06. The van der Waals surface area contributed by atoms with Crippen molar-refractivity contribution < 1.29 is 4.74 Å². The molecule has 1 saturated carbocycles. The monoisotopic (exact) mass is 203 g/mol. The van der Waals surface area contributed by atoms with Gasteiger partial charge in [-0.05, 0) is 37.1 Å². The lowest BCUT2D eigenvalue weighted by molar-refractivity contribution is 0.415. The molecule has 2 fully saturated rings. The van der Waals surface area contributed by atoms with Gasteiger partial charge in [0, 0.05) is 17.8 Å². The highest BCUT2D eigenvalue weighted by Crippen LogP contribution is 2.44. The summed E-state index contributed by atoms with van der Waals surface area (Å²) in [4.78, 5) is 2.56. The van der Waals surface area contributed by atoms with Crippen LogP contribution in [0.1, 0.15) is 25.7 Å². The third kappa shape index (κ3) is 1.48. The summed E-state index contributed by atoms with van der Waals surface area (Å²) in [6.45, 7) is 0. The number of ether oxygens (including phenoxy) is 1. The third-order valence-corrected chi connectivity index (χ3v) is 3.69. The van der Waals surface area contributed by atoms with Crippen LogP contribution in [0.5, 0.6) is 5.75 Å². The van der Waals surface area contributed by atoms with E-state index in [0.717, 1.165) is 17.8 Å². The predicted molar refractivity (Wildman–Crippen MR) is 61.5 cm³/mol. The Morgan fingerprint density at radius 1 is 1.07 bits per heavy atom. The van der Waals surface area contributed by atoms with E-state index in [1.807, 2.05) is 0 Å². The fraction of sp³-hybridized carbons (Fsp3) is 0.538. The van der Waals surface area contributed by atoms with E-state index in [0.29, 0.717) is 0 Å². The third-order valence-electron chi connectivity index (χ3n) is 3.69. The zero-order valence-corrected chi connectivity index (χ0v) is 9.15. The van der Waals surface area contributed by atoms with Crippen LogP contribution < -0.4 is 9.64 Å². The standard InChI is InChI=1S/C13H17NO/c1-15-11-8-6-10(7-9-11)14-12-4-2-3-5-13(12)14/h6-9,12-13H,2-5H2,1H3/t12-,13+,14?. The Kier molecular flexibility index (Phi) is 2.08. The molecule has 15 heavy (non-hydrogen) atoms. The Morgan fingerprint density at radius 3 is 2.20 bits per heavy atom. The van der Waals surface area contributed by atoms with Gasteiger partial charge in [0.2, 0.25) is 0 Å². The van der Waals surface area contributed by atoms with Crippen LogP contribution >= 0.6 is 0 Å². The van der Waals surface area contributed by atoms with Crippen molar-refractivity contribution in [3.05, 3.63) is 24.3 Å². The van der Waals surface area contributed by atoms with Crippen LogP contribution in [-0.2, 0) is 0 Å². The van der Waals surface area contributed by atoms with Crippen LogP contribution in [0.15, 0.2) is 24.3 Å². The number of methoxy groups -OCH3 is 1. The summed E-state index contributed by atoms with van der Waals surface area (Å²) >= 11 is 0. The van der Waals surface area contributed by atoms with Crippen molar-refractivity contribution in [1.29, 1.82) is 0 Å². The summed E-state index contributed by atoms with van der Waals surface area (Å²) in [7, 11) is 1.71. The maximum Gasteiger partial charge on any atom is 0.119 e. The summed E-state index contributed by atoms with van der Waals surface area (Å²) in [5.41, 5.74) is 1.37. The molecule has 0 N–H and O–H groups in total. The van der Waals surface area contributed by atoms with Crippen LogP contribution in [0, 0.1) is 0 Å². The van der Waals surface area contributed by atoms with Crippen molar-refractivity contribution in [2.45, 2.75) is 37.8 Å². The first-order valence-corrected chi connectivity index (χ1v) is 5.82. The average molecular weight is 203 g/mol. The van der Waals surface area contributed by atoms with Crippen LogP contribution in [0.3, 0.4) is 0 Å². The van der Waals surface area contributed by atoms with Crippen LogP contribution in [0.2, 0.25) is 0 Å². The summed E-state index contributed by atoms with van der Waals surface area (Å²) in [6.07, 6.45) is 5.59. The number of hydrogen-bond acceptors (Lipinski definition) is 2. The highest BCUT2D eigenvalue weighted by atomic mass is 16.5. The van der Waals surface area contributed by atoms with Gasteiger partial charge >= 0.3 is 0 Å². The van der Waals surface area contributed by atoms with Gasteiger partial charge in [0.25, 0.3) is 0 Å². The number of benzene rings is 1. The first-order valence-electron chi connectivity index (χ1n) is 5.82. The molecule has 2 atom stereocenters. The maximum atomic E-state index is 5.17. The van der Waals surface area contributed by atoms with Gasteiger partial charge in [-0.15, -0.1) is 0 Å². The van der Waals surface area contributed by atoms with Gasteiger partial charge in [0.05, 0.1) is 7.11 Å². The van der Waals surface area contributed by atoms with Gasteiger partial charge in [0.1, 0.15) is 5.75 Å². The van der Waals surface area contributed by atoms with Crippen molar-refractivity contribution >= 4 is 5.69 Å². The van der Waals surface area contributed by atoms with Gasteiger partial charge in [0.15, 0.2) is 0 Å². The van der Waals surface area contributed by atoms with E-state index < -0.39 is 0 Å². The fourth-order valence-corrected chi connectivity index (χ4v) is 2.84. The Labute approximate surface area is 90.8 Å². The summed E-state index contributed by atoms with van der Waals surface area (Å²) in [5.74, 6) is 0.948. The van der Waals surface area contributed by atoms with Crippen LogP contribution in [0.25, 0.3) is 0 Å². The van der Waals surface area contributed by atoms with Crippen molar-refractivity contribution in [2.75, 3.05) is 12.0 Å². The van der Waals surface area contributed by atoms with Gasteiger partial charge in [-0.3, -0.25) is 0 Å². The first-order chi connectivity index (χ1) is 7.40. The molecule has 0 bridgehead atoms. The Balaban J connectivity index is 1.77. The minimum absolute atomic E-state index is 0.840. The van der Waals surface area contributed by atoms with E-state index in [2.05, 4.69) is 29.2 Å². The predicted octanol–water partition coefficient (Wildman–Crippen LogP) is 2.83. The second kappa shape index (κ2) is 3.44. The molecule has 0 amide bonds. The minimum Gasteiger partial charge on any atom is -0.497 e. The smallest absolute Gasteiger partial charge is 0.119 e. The van der Waals surface area contributed by atoms with Crippen LogP contribution in [-0.4, -0.2) is 19.2 Å². The average Bonchev–Trinajstić information content (AvgIpc) is 3.03. The number of nitrogens with zero attached hydrogens (tertiary/aromatic N) is 1. The lowest BCUT2D eigenvalue weighted by atomic mass is 10.0. The topological polar surface area (TPSA) is 12.2 Å². The molecule has 1 saturated heterocycles. The van der Waals surface area contributed by atoms with Gasteiger partial charge in [-0.25, -0.2) is 0 Å². The number of fused-ring (bicyclic) bond motifs is 1. The number of hydrogen-bond donors (Lipinski definition) is 0. The summed E-state index contributed by atoms with van der Waals surface area (Å²) < 4.78 is 5.17. The molecule has 0 spiro atoms. The minimum atomic E-state index is 0.840. The van der Waals surface area contributed by atoms with Gasteiger partial charge in [-0.1, -0.05) is 12.8 Å². The molecule has 80 valence electrons.